The molecule has 0 aliphatic carbocycles. The van der Waals surface area contributed by atoms with E-state index in [4.69, 9.17) is 14.3 Å². The first kappa shape index (κ1) is 19.7. The minimum atomic E-state index is -1.13. The van der Waals surface area contributed by atoms with Crippen LogP contribution in [0.4, 0.5) is 5.69 Å². The lowest BCUT2D eigenvalue weighted by atomic mass is 10.0. The number of aromatic nitrogens is 2. The summed E-state index contributed by atoms with van der Waals surface area (Å²) in [5.74, 6) is -0.867. The van der Waals surface area contributed by atoms with Crippen molar-refractivity contribution < 1.29 is 19.1 Å². The number of hydrogen-bond donors (Lipinski definition) is 2. The normalized spacial score (nSPS) is 12.3. The molecular formula is C22H21N3O5. The molecule has 0 aliphatic heterocycles. The fourth-order valence-electron chi connectivity index (χ4n) is 3.50. The van der Waals surface area contributed by atoms with Gasteiger partial charge in [-0.05, 0) is 30.7 Å². The number of carboxylic acid groups (broad SMARTS) is 1. The van der Waals surface area contributed by atoms with Gasteiger partial charge in [0.15, 0.2) is 0 Å². The number of nitrogens with one attached hydrogen (secondary N) is 1. The SMILES string of the molecule is COCc1ncc(NC(C)c2ccc3oc4ccccc4c3c2)c(=O)n1CC(=O)O. The van der Waals surface area contributed by atoms with E-state index in [0.29, 0.717) is 0 Å². The Morgan fingerprint density at radius 1 is 1.23 bits per heavy atom. The van der Waals surface area contributed by atoms with Gasteiger partial charge in [-0.25, -0.2) is 4.98 Å². The first-order chi connectivity index (χ1) is 14.5. The van der Waals surface area contributed by atoms with Crippen LogP contribution in [-0.4, -0.2) is 27.7 Å². The van der Waals surface area contributed by atoms with Crippen molar-refractivity contribution in [2.45, 2.75) is 26.1 Å². The summed E-state index contributed by atoms with van der Waals surface area (Å²) in [5.41, 5.74) is 2.34. The lowest BCUT2D eigenvalue weighted by molar-refractivity contribution is -0.137. The summed E-state index contributed by atoms with van der Waals surface area (Å²) >= 11 is 0. The molecule has 0 fully saturated rings. The van der Waals surface area contributed by atoms with E-state index in [1.807, 2.05) is 49.4 Å². The Morgan fingerprint density at radius 3 is 2.77 bits per heavy atom. The molecule has 2 aromatic carbocycles. The molecule has 0 saturated carbocycles. The van der Waals surface area contributed by atoms with Gasteiger partial charge in [-0.2, -0.15) is 0 Å². The van der Waals surface area contributed by atoms with Crippen LogP contribution < -0.4 is 10.9 Å². The number of anilines is 1. The van der Waals surface area contributed by atoms with Crippen LogP contribution in [0.15, 0.2) is 57.9 Å². The summed E-state index contributed by atoms with van der Waals surface area (Å²) in [5, 5.41) is 14.3. The zero-order valence-corrected chi connectivity index (χ0v) is 16.6. The molecule has 0 saturated heterocycles. The Bertz CT molecular complexity index is 1290. The average Bonchev–Trinajstić information content (AvgIpc) is 3.10. The van der Waals surface area contributed by atoms with Gasteiger partial charge in [0.1, 0.15) is 35.8 Å². The Hall–Kier alpha value is -3.65. The van der Waals surface area contributed by atoms with Crippen molar-refractivity contribution >= 4 is 33.6 Å². The molecule has 2 aromatic heterocycles. The number of nitrogens with zero attached hydrogens (tertiary/aromatic N) is 2. The number of para-hydroxylation sites is 1. The molecule has 1 unspecified atom stereocenters. The first-order valence-corrected chi connectivity index (χ1v) is 9.45. The summed E-state index contributed by atoms with van der Waals surface area (Å²) in [6, 6.07) is 13.5. The second kappa shape index (κ2) is 8.00. The second-order valence-electron chi connectivity index (χ2n) is 7.03. The van der Waals surface area contributed by atoms with E-state index in [2.05, 4.69) is 10.3 Å². The van der Waals surface area contributed by atoms with Crippen LogP contribution in [0.2, 0.25) is 0 Å². The third-order valence-corrected chi connectivity index (χ3v) is 4.97. The van der Waals surface area contributed by atoms with Crippen molar-refractivity contribution in [1.82, 2.24) is 9.55 Å². The molecule has 0 aliphatic rings. The van der Waals surface area contributed by atoms with Crippen molar-refractivity contribution in [3.63, 3.8) is 0 Å². The molecule has 8 heteroatoms. The fourth-order valence-corrected chi connectivity index (χ4v) is 3.50. The van der Waals surface area contributed by atoms with Gasteiger partial charge in [-0.15, -0.1) is 0 Å². The number of hydrogen-bond acceptors (Lipinski definition) is 6. The molecule has 4 aromatic rings. The number of carbonyl (C=O) groups is 1. The van der Waals surface area contributed by atoms with E-state index < -0.39 is 18.1 Å². The minimum absolute atomic E-state index is 0.0442. The van der Waals surface area contributed by atoms with Crippen LogP contribution in [0.5, 0.6) is 0 Å². The van der Waals surface area contributed by atoms with Crippen molar-refractivity contribution in [2.75, 3.05) is 12.4 Å². The van der Waals surface area contributed by atoms with Crippen LogP contribution in [0, 0.1) is 0 Å². The van der Waals surface area contributed by atoms with Gasteiger partial charge in [-0.1, -0.05) is 24.3 Å². The molecule has 0 bridgehead atoms. The maximum atomic E-state index is 12.8. The van der Waals surface area contributed by atoms with Crippen LogP contribution in [0.25, 0.3) is 21.9 Å². The molecule has 2 heterocycles. The van der Waals surface area contributed by atoms with Crippen LogP contribution in [0.3, 0.4) is 0 Å². The number of benzene rings is 2. The monoisotopic (exact) mass is 407 g/mol. The van der Waals surface area contributed by atoms with Gasteiger partial charge >= 0.3 is 5.97 Å². The Labute approximate surface area is 171 Å². The zero-order chi connectivity index (χ0) is 21.3. The van der Waals surface area contributed by atoms with Gasteiger partial charge in [-0.3, -0.25) is 14.2 Å². The van der Waals surface area contributed by atoms with E-state index in [9.17, 15) is 9.59 Å². The van der Waals surface area contributed by atoms with Crippen molar-refractivity contribution in [3.8, 4) is 0 Å². The fraction of sp³-hybridized carbons (Fsp3) is 0.227. The van der Waals surface area contributed by atoms with Gasteiger partial charge in [0, 0.05) is 23.9 Å². The van der Waals surface area contributed by atoms with Gasteiger partial charge in [0.2, 0.25) is 0 Å². The molecule has 8 nitrogen and oxygen atoms in total. The second-order valence-corrected chi connectivity index (χ2v) is 7.03. The van der Waals surface area contributed by atoms with E-state index in [0.717, 1.165) is 32.1 Å². The number of fused-ring (bicyclic) bond motifs is 3. The maximum absolute atomic E-state index is 12.8. The Kier molecular flexibility index (Phi) is 5.24. The summed E-state index contributed by atoms with van der Waals surface area (Å²) in [4.78, 5) is 28.2. The highest BCUT2D eigenvalue weighted by Gasteiger charge is 2.16. The molecule has 0 radical (unpaired) electrons. The Balaban J connectivity index is 1.68. The summed E-state index contributed by atoms with van der Waals surface area (Å²) in [6.45, 7) is 1.48. The van der Waals surface area contributed by atoms with Gasteiger partial charge in [0.05, 0.1) is 6.20 Å². The highest BCUT2D eigenvalue weighted by atomic mass is 16.5. The standard InChI is InChI=1S/C22H21N3O5/c1-13(14-7-8-19-16(9-14)15-5-3-4-6-18(15)30-19)24-17-10-23-20(12-29-2)25(22(17)28)11-21(26)27/h3-10,13,24H,11-12H2,1-2H3,(H,26,27). The highest BCUT2D eigenvalue weighted by molar-refractivity contribution is 6.05. The van der Waals surface area contributed by atoms with Crippen molar-refractivity contribution in [2.24, 2.45) is 0 Å². The molecule has 1 atom stereocenters. The average molecular weight is 407 g/mol. The zero-order valence-electron chi connectivity index (χ0n) is 16.6. The molecule has 154 valence electrons. The quantitative estimate of drug-likeness (QED) is 0.482. The molecule has 0 spiro atoms. The molecule has 0 amide bonds. The van der Waals surface area contributed by atoms with Gasteiger partial charge < -0.3 is 19.6 Å². The number of ether oxygens (including phenoxy) is 1. The predicted octanol–water partition coefficient (Wildman–Crippen LogP) is 3.55. The van der Waals surface area contributed by atoms with E-state index in [1.165, 1.54) is 13.3 Å². The van der Waals surface area contributed by atoms with Crippen LogP contribution in [-0.2, 0) is 22.7 Å². The largest absolute Gasteiger partial charge is 0.480 e. The lowest BCUT2D eigenvalue weighted by Crippen LogP contribution is -2.31. The topological polar surface area (TPSA) is 107 Å². The maximum Gasteiger partial charge on any atom is 0.323 e. The molecule has 2 N–H and O–H groups in total. The number of aliphatic carboxylic acids is 1. The third-order valence-electron chi connectivity index (χ3n) is 4.97. The van der Waals surface area contributed by atoms with Crippen LogP contribution >= 0.6 is 0 Å². The van der Waals surface area contributed by atoms with Gasteiger partial charge in [0.25, 0.3) is 5.56 Å². The lowest BCUT2D eigenvalue weighted by Gasteiger charge is -2.17. The molecular weight excluding hydrogens is 386 g/mol. The number of carboxylic acids is 1. The van der Waals surface area contributed by atoms with E-state index >= 15 is 0 Å². The summed E-state index contributed by atoms with van der Waals surface area (Å²) < 4.78 is 12.0. The molecule has 4 rings (SSSR count). The molecule has 30 heavy (non-hydrogen) atoms. The van der Waals surface area contributed by atoms with E-state index in [-0.39, 0.29) is 24.2 Å². The van der Waals surface area contributed by atoms with Crippen LogP contribution in [0.1, 0.15) is 24.4 Å². The van der Waals surface area contributed by atoms with E-state index in [1.54, 1.807) is 0 Å². The third kappa shape index (κ3) is 3.65. The van der Waals surface area contributed by atoms with Crippen molar-refractivity contribution in [1.29, 1.82) is 0 Å². The number of methoxy groups -OCH3 is 1. The highest BCUT2D eigenvalue weighted by Crippen LogP contribution is 2.31. The minimum Gasteiger partial charge on any atom is -0.480 e. The Morgan fingerprint density at radius 2 is 2.00 bits per heavy atom. The number of rotatable bonds is 7. The first-order valence-electron chi connectivity index (χ1n) is 9.45. The summed E-state index contributed by atoms with van der Waals surface area (Å²) in [7, 11) is 1.46. The number of furan rings is 1. The summed E-state index contributed by atoms with van der Waals surface area (Å²) in [6.07, 6.45) is 1.41. The van der Waals surface area contributed by atoms with Crippen molar-refractivity contribution in [3.05, 3.63) is 70.4 Å². The predicted molar refractivity (Wildman–Crippen MR) is 113 cm³/mol. The smallest absolute Gasteiger partial charge is 0.323 e.